The molecule has 0 aliphatic carbocycles. The molecule has 1 aliphatic rings. The van der Waals surface area contributed by atoms with Crippen LogP contribution < -0.4 is 5.73 Å². The fourth-order valence-electron chi connectivity index (χ4n) is 2.14. The van der Waals surface area contributed by atoms with Crippen molar-refractivity contribution >= 4 is 6.09 Å². The van der Waals surface area contributed by atoms with Crippen molar-refractivity contribution in [2.24, 2.45) is 11.1 Å². The number of carboxylic acid groups (broad SMARTS) is 1. The minimum absolute atomic E-state index is 0.0175. The van der Waals surface area contributed by atoms with Gasteiger partial charge in [-0.1, -0.05) is 20.8 Å². The third-order valence-corrected chi connectivity index (χ3v) is 2.58. The van der Waals surface area contributed by atoms with Crippen LogP contribution in [-0.4, -0.2) is 34.7 Å². The smallest absolute Gasteiger partial charge is 0.407 e. The Bertz CT molecular complexity index is 210. The van der Waals surface area contributed by atoms with Crippen molar-refractivity contribution in [1.82, 2.24) is 4.90 Å². The molecule has 76 valence electrons. The second-order valence-electron chi connectivity index (χ2n) is 4.74. The van der Waals surface area contributed by atoms with Crippen molar-refractivity contribution in [2.75, 3.05) is 6.54 Å². The van der Waals surface area contributed by atoms with Crippen LogP contribution in [0.25, 0.3) is 0 Å². The summed E-state index contributed by atoms with van der Waals surface area (Å²) in [7, 11) is 0. The second-order valence-corrected chi connectivity index (χ2v) is 4.74. The molecule has 1 unspecified atom stereocenters. The zero-order chi connectivity index (χ0) is 10.2. The summed E-state index contributed by atoms with van der Waals surface area (Å²) in [6.45, 7) is 6.65. The van der Waals surface area contributed by atoms with Crippen LogP contribution in [0, 0.1) is 5.41 Å². The highest BCUT2D eigenvalue weighted by Gasteiger charge is 2.42. The maximum atomic E-state index is 10.9. The third-order valence-electron chi connectivity index (χ3n) is 2.58. The summed E-state index contributed by atoms with van der Waals surface area (Å²) in [5.74, 6) is 0. The van der Waals surface area contributed by atoms with E-state index in [4.69, 9.17) is 10.8 Å². The first-order chi connectivity index (χ1) is 5.84. The van der Waals surface area contributed by atoms with Gasteiger partial charge in [0.25, 0.3) is 0 Å². The molecule has 2 atom stereocenters. The van der Waals surface area contributed by atoms with Gasteiger partial charge in [0.05, 0.1) is 6.04 Å². The number of amides is 1. The molecule has 1 amide bonds. The monoisotopic (exact) mass is 186 g/mol. The molecule has 1 saturated heterocycles. The number of nitrogens with zero attached hydrogens (tertiary/aromatic N) is 1. The number of hydrogen-bond acceptors (Lipinski definition) is 2. The van der Waals surface area contributed by atoms with Crippen LogP contribution in [0.2, 0.25) is 0 Å². The van der Waals surface area contributed by atoms with E-state index in [1.807, 2.05) is 20.8 Å². The van der Waals surface area contributed by atoms with Gasteiger partial charge >= 0.3 is 6.09 Å². The molecule has 1 rings (SSSR count). The van der Waals surface area contributed by atoms with Gasteiger partial charge in [-0.2, -0.15) is 0 Å². The number of nitrogens with two attached hydrogens (primary N) is 1. The van der Waals surface area contributed by atoms with Crippen LogP contribution in [0.4, 0.5) is 4.79 Å². The average Bonchev–Trinajstić information content (AvgIpc) is 2.28. The Kier molecular flexibility index (Phi) is 2.52. The molecular formula is C9H18N2O2. The largest absolute Gasteiger partial charge is 0.465 e. The van der Waals surface area contributed by atoms with E-state index in [9.17, 15) is 4.79 Å². The van der Waals surface area contributed by atoms with Crippen LogP contribution >= 0.6 is 0 Å². The Balaban J connectivity index is 2.83. The Hall–Kier alpha value is -0.770. The fraction of sp³-hybridized carbons (Fsp3) is 0.889. The Morgan fingerprint density at radius 3 is 2.38 bits per heavy atom. The Labute approximate surface area is 78.7 Å². The summed E-state index contributed by atoms with van der Waals surface area (Å²) in [5, 5.41) is 8.94. The molecule has 0 radical (unpaired) electrons. The molecule has 4 heteroatoms. The molecule has 1 aliphatic heterocycles. The lowest BCUT2D eigenvalue weighted by molar-refractivity contribution is 0.102. The van der Waals surface area contributed by atoms with Gasteiger partial charge in [0.1, 0.15) is 0 Å². The highest BCUT2D eigenvalue weighted by molar-refractivity contribution is 5.66. The summed E-state index contributed by atoms with van der Waals surface area (Å²) in [4.78, 5) is 12.3. The summed E-state index contributed by atoms with van der Waals surface area (Å²) < 4.78 is 0. The number of likely N-dealkylation sites (tertiary alicyclic amines) is 1. The lowest BCUT2D eigenvalue weighted by Crippen LogP contribution is -2.49. The maximum absolute atomic E-state index is 10.9. The summed E-state index contributed by atoms with van der Waals surface area (Å²) in [6, 6.07) is -0.0684. The van der Waals surface area contributed by atoms with Gasteiger partial charge < -0.3 is 15.7 Å². The van der Waals surface area contributed by atoms with E-state index in [1.54, 1.807) is 0 Å². The van der Waals surface area contributed by atoms with Crippen molar-refractivity contribution < 1.29 is 9.90 Å². The maximum Gasteiger partial charge on any atom is 0.407 e. The average molecular weight is 186 g/mol. The van der Waals surface area contributed by atoms with Gasteiger partial charge in [-0.05, 0) is 11.8 Å². The number of rotatable bonds is 0. The van der Waals surface area contributed by atoms with E-state index in [1.165, 1.54) is 4.90 Å². The molecule has 13 heavy (non-hydrogen) atoms. The molecule has 0 spiro atoms. The zero-order valence-corrected chi connectivity index (χ0v) is 8.45. The lowest BCUT2D eigenvalue weighted by Gasteiger charge is -2.35. The lowest BCUT2D eigenvalue weighted by atomic mass is 9.83. The van der Waals surface area contributed by atoms with Gasteiger partial charge in [-0.15, -0.1) is 0 Å². The van der Waals surface area contributed by atoms with Gasteiger partial charge in [-0.25, -0.2) is 4.79 Å². The zero-order valence-electron chi connectivity index (χ0n) is 8.45. The predicted octanol–water partition coefficient (Wildman–Crippen LogP) is 1.11. The summed E-state index contributed by atoms with van der Waals surface area (Å²) >= 11 is 0. The molecule has 0 bridgehead atoms. The van der Waals surface area contributed by atoms with Crippen LogP contribution in [0.3, 0.4) is 0 Å². The molecule has 1 heterocycles. The first-order valence-electron chi connectivity index (χ1n) is 4.59. The predicted molar refractivity (Wildman–Crippen MR) is 50.6 cm³/mol. The fourth-order valence-corrected chi connectivity index (χ4v) is 2.14. The first-order valence-corrected chi connectivity index (χ1v) is 4.59. The number of carbonyl (C=O) groups is 1. The standard InChI is InChI=1S/C9H18N2O2/c1-9(2,3)7-6(10)4-5-11(7)8(12)13/h6-7H,4-5,10H2,1-3H3,(H,12,13)/t6-,7?/m1/s1. The van der Waals surface area contributed by atoms with Crippen LogP contribution in [0.1, 0.15) is 27.2 Å². The van der Waals surface area contributed by atoms with E-state index in [2.05, 4.69) is 0 Å². The van der Waals surface area contributed by atoms with Crippen molar-refractivity contribution in [3.8, 4) is 0 Å². The molecule has 0 saturated carbocycles. The molecule has 1 fully saturated rings. The van der Waals surface area contributed by atoms with Gasteiger partial charge in [0, 0.05) is 12.6 Å². The topological polar surface area (TPSA) is 66.6 Å². The van der Waals surface area contributed by atoms with Crippen LogP contribution in [0.15, 0.2) is 0 Å². The molecule has 0 aromatic heterocycles. The van der Waals surface area contributed by atoms with Crippen molar-refractivity contribution in [3.63, 3.8) is 0 Å². The van der Waals surface area contributed by atoms with Gasteiger partial charge in [0.2, 0.25) is 0 Å². The third kappa shape index (κ3) is 1.94. The molecule has 0 aromatic rings. The molecule has 4 nitrogen and oxygen atoms in total. The second kappa shape index (κ2) is 3.18. The Morgan fingerprint density at radius 2 is 2.08 bits per heavy atom. The SMILES string of the molecule is CC(C)(C)C1[C@H](N)CCN1C(=O)O. The van der Waals surface area contributed by atoms with E-state index >= 15 is 0 Å². The number of hydrogen-bond donors (Lipinski definition) is 2. The van der Waals surface area contributed by atoms with Crippen molar-refractivity contribution in [3.05, 3.63) is 0 Å². The van der Waals surface area contributed by atoms with Crippen molar-refractivity contribution in [1.29, 1.82) is 0 Å². The Morgan fingerprint density at radius 1 is 1.54 bits per heavy atom. The first kappa shape index (κ1) is 10.3. The van der Waals surface area contributed by atoms with Crippen LogP contribution in [0.5, 0.6) is 0 Å². The quantitative estimate of drug-likeness (QED) is 0.595. The van der Waals surface area contributed by atoms with E-state index in [-0.39, 0.29) is 17.5 Å². The highest BCUT2D eigenvalue weighted by Crippen LogP contribution is 2.31. The normalized spacial score (nSPS) is 29.4. The minimum atomic E-state index is -0.854. The van der Waals surface area contributed by atoms with Gasteiger partial charge in [0.15, 0.2) is 0 Å². The van der Waals surface area contributed by atoms with E-state index < -0.39 is 6.09 Å². The highest BCUT2D eigenvalue weighted by atomic mass is 16.4. The van der Waals surface area contributed by atoms with Crippen LogP contribution in [-0.2, 0) is 0 Å². The van der Waals surface area contributed by atoms with Crippen molar-refractivity contribution in [2.45, 2.75) is 39.3 Å². The molecule has 3 N–H and O–H groups in total. The van der Waals surface area contributed by atoms with E-state index in [0.29, 0.717) is 6.54 Å². The van der Waals surface area contributed by atoms with Gasteiger partial charge in [-0.3, -0.25) is 0 Å². The van der Waals surface area contributed by atoms with E-state index in [0.717, 1.165) is 6.42 Å². The molecule has 0 aromatic carbocycles. The summed E-state index contributed by atoms with van der Waals surface area (Å²) in [6.07, 6.45) is -0.0818. The molecular weight excluding hydrogens is 168 g/mol. The summed E-state index contributed by atoms with van der Waals surface area (Å²) in [5.41, 5.74) is 5.81. The minimum Gasteiger partial charge on any atom is -0.465 e.